The highest BCUT2D eigenvalue weighted by Gasteiger charge is 2.20. The molecule has 0 saturated carbocycles. The molecule has 1 heterocycles. The molecule has 152 valence electrons. The lowest BCUT2D eigenvalue weighted by molar-refractivity contribution is -0.127. The Bertz CT molecular complexity index is 929. The number of rotatable bonds is 7. The molecule has 8 heteroatoms. The SMILES string of the molecule is O=C(COC(=O)c1ccccc1SCC(=O)N1CCCC1)c1ccc(Cl)cc1Cl. The van der Waals surface area contributed by atoms with Crippen LogP contribution in [0.5, 0.6) is 0 Å². The highest BCUT2D eigenvalue weighted by atomic mass is 35.5. The summed E-state index contributed by atoms with van der Waals surface area (Å²) in [5.41, 5.74) is 0.560. The highest BCUT2D eigenvalue weighted by Crippen LogP contribution is 2.25. The van der Waals surface area contributed by atoms with Crippen LogP contribution in [0.15, 0.2) is 47.4 Å². The van der Waals surface area contributed by atoms with Crippen molar-refractivity contribution in [2.24, 2.45) is 0 Å². The number of halogens is 2. The fourth-order valence-corrected chi connectivity index (χ4v) is 4.42. The van der Waals surface area contributed by atoms with E-state index in [2.05, 4.69) is 0 Å². The van der Waals surface area contributed by atoms with Gasteiger partial charge < -0.3 is 9.64 Å². The summed E-state index contributed by atoms with van der Waals surface area (Å²) >= 11 is 13.1. The molecule has 0 bridgehead atoms. The van der Waals surface area contributed by atoms with Gasteiger partial charge in [-0.2, -0.15) is 0 Å². The number of esters is 1. The Morgan fingerprint density at radius 3 is 2.45 bits per heavy atom. The summed E-state index contributed by atoms with van der Waals surface area (Å²) in [6.45, 7) is 1.14. The van der Waals surface area contributed by atoms with Gasteiger partial charge in [0.1, 0.15) is 0 Å². The molecular formula is C21H19Cl2NO4S. The minimum atomic E-state index is -0.625. The largest absolute Gasteiger partial charge is 0.454 e. The van der Waals surface area contributed by atoms with Gasteiger partial charge in [0.2, 0.25) is 11.7 Å². The van der Waals surface area contributed by atoms with Crippen molar-refractivity contribution >= 4 is 52.6 Å². The zero-order valence-electron chi connectivity index (χ0n) is 15.5. The van der Waals surface area contributed by atoms with E-state index in [0.29, 0.717) is 15.5 Å². The van der Waals surface area contributed by atoms with E-state index in [0.717, 1.165) is 25.9 Å². The van der Waals surface area contributed by atoms with Crippen LogP contribution < -0.4 is 0 Å². The molecule has 1 amide bonds. The second-order valence-electron chi connectivity index (χ2n) is 6.50. The van der Waals surface area contributed by atoms with E-state index in [4.69, 9.17) is 27.9 Å². The van der Waals surface area contributed by atoms with Crippen LogP contribution >= 0.6 is 35.0 Å². The average molecular weight is 452 g/mol. The Morgan fingerprint density at radius 1 is 1.00 bits per heavy atom. The van der Waals surface area contributed by atoms with E-state index in [1.807, 2.05) is 4.90 Å². The quantitative estimate of drug-likeness (QED) is 0.345. The molecule has 29 heavy (non-hydrogen) atoms. The molecule has 1 aliphatic heterocycles. The summed E-state index contributed by atoms with van der Waals surface area (Å²) < 4.78 is 5.19. The number of likely N-dealkylation sites (tertiary alicyclic amines) is 1. The average Bonchev–Trinajstić information content (AvgIpc) is 3.25. The molecule has 0 N–H and O–H groups in total. The number of benzene rings is 2. The number of carbonyl (C=O) groups is 3. The Morgan fingerprint density at radius 2 is 1.72 bits per heavy atom. The van der Waals surface area contributed by atoms with E-state index in [-0.39, 0.29) is 22.2 Å². The number of nitrogens with zero attached hydrogens (tertiary/aromatic N) is 1. The van der Waals surface area contributed by atoms with Gasteiger partial charge in [-0.05, 0) is 43.2 Å². The van der Waals surface area contributed by atoms with Gasteiger partial charge in [0.25, 0.3) is 0 Å². The Hall–Kier alpha value is -2.02. The molecule has 1 saturated heterocycles. The number of amides is 1. The summed E-state index contributed by atoms with van der Waals surface area (Å²) in [6, 6.07) is 11.4. The first-order chi connectivity index (χ1) is 14.0. The first-order valence-corrected chi connectivity index (χ1v) is 10.8. The summed E-state index contributed by atoms with van der Waals surface area (Å²) in [6.07, 6.45) is 2.07. The van der Waals surface area contributed by atoms with Crippen molar-refractivity contribution in [3.05, 3.63) is 63.6 Å². The molecule has 0 radical (unpaired) electrons. The van der Waals surface area contributed by atoms with Gasteiger partial charge >= 0.3 is 5.97 Å². The minimum absolute atomic E-state index is 0.0585. The topological polar surface area (TPSA) is 63.7 Å². The van der Waals surface area contributed by atoms with Gasteiger partial charge in [-0.15, -0.1) is 11.8 Å². The molecule has 1 aliphatic rings. The third-order valence-electron chi connectivity index (χ3n) is 4.48. The van der Waals surface area contributed by atoms with Crippen molar-refractivity contribution in [3.8, 4) is 0 Å². The summed E-state index contributed by atoms with van der Waals surface area (Å²) in [5.74, 6) is -0.735. The van der Waals surface area contributed by atoms with Crippen molar-refractivity contribution in [1.82, 2.24) is 4.90 Å². The van der Waals surface area contributed by atoms with Gasteiger partial charge in [-0.1, -0.05) is 35.3 Å². The minimum Gasteiger partial charge on any atom is -0.454 e. The van der Waals surface area contributed by atoms with E-state index < -0.39 is 18.4 Å². The lowest BCUT2D eigenvalue weighted by atomic mass is 10.1. The number of ketones is 1. The number of Topliss-reactive ketones (excluding diaryl/α,β-unsaturated/α-hetero) is 1. The summed E-state index contributed by atoms with van der Waals surface area (Å²) in [7, 11) is 0. The normalized spacial score (nSPS) is 13.4. The van der Waals surface area contributed by atoms with Crippen molar-refractivity contribution in [2.45, 2.75) is 17.7 Å². The Kier molecular flexibility index (Phi) is 7.58. The maximum absolute atomic E-state index is 12.5. The number of thioether (sulfide) groups is 1. The second-order valence-corrected chi connectivity index (χ2v) is 8.36. The first kappa shape index (κ1) is 21.7. The van der Waals surface area contributed by atoms with Crippen LogP contribution in [0.1, 0.15) is 33.6 Å². The number of carbonyl (C=O) groups excluding carboxylic acids is 3. The van der Waals surface area contributed by atoms with E-state index in [1.54, 1.807) is 30.3 Å². The van der Waals surface area contributed by atoms with E-state index in [1.165, 1.54) is 23.9 Å². The van der Waals surface area contributed by atoms with E-state index in [9.17, 15) is 14.4 Å². The fourth-order valence-electron chi connectivity index (χ4n) is 2.96. The highest BCUT2D eigenvalue weighted by molar-refractivity contribution is 8.00. The number of ether oxygens (including phenoxy) is 1. The Balaban J connectivity index is 1.60. The van der Waals surface area contributed by atoms with Crippen LogP contribution in [0.2, 0.25) is 10.0 Å². The van der Waals surface area contributed by atoms with Crippen LogP contribution in [-0.4, -0.2) is 48.0 Å². The smallest absolute Gasteiger partial charge is 0.339 e. The molecule has 0 atom stereocenters. The van der Waals surface area contributed by atoms with Crippen LogP contribution in [0.3, 0.4) is 0 Å². The van der Waals surface area contributed by atoms with Gasteiger partial charge in [-0.25, -0.2) is 4.79 Å². The lowest BCUT2D eigenvalue weighted by Gasteiger charge is -2.15. The number of hydrogen-bond acceptors (Lipinski definition) is 5. The van der Waals surface area contributed by atoms with Gasteiger partial charge in [-0.3, -0.25) is 9.59 Å². The molecule has 0 spiro atoms. The predicted molar refractivity (Wildman–Crippen MR) is 114 cm³/mol. The monoisotopic (exact) mass is 451 g/mol. The summed E-state index contributed by atoms with van der Waals surface area (Å²) in [4.78, 5) is 39.5. The van der Waals surface area contributed by atoms with Crippen LogP contribution in [0.25, 0.3) is 0 Å². The molecule has 5 nitrogen and oxygen atoms in total. The van der Waals surface area contributed by atoms with Gasteiger partial charge in [0, 0.05) is 28.6 Å². The standard InChI is InChI=1S/C21H19Cl2NO4S/c22-14-7-8-15(17(23)11-14)18(25)12-28-21(27)16-5-1-2-6-19(16)29-13-20(26)24-9-3-4-10-24/h1-2,5-8,11H,3-4,9-10,12-13H2. The lowest BCUT2D eigenvalue weighted by Crippen LogP contribution is -2.29. The zero-order valence-corrected chi connectivity index (χ0v) is 17.9. The van der Waals surface area contributed by atoms with Crippen LogP contribution in [0.4, 0.5) is 0 Å². The third kappa shape index (κ3) is 5.75. The zero-order chi connectivity index (χ0) is 20.8. The maximum Gasteiger partial charge on any atom is 0.339 e. The van der Waals surface area contributed by atoms with Crippen molar-refractivity contribution in [1.29, 1.82) is 0 Å². The number of hydrogen-bond donors (Lipinski definition) is 0. The third-order valence-corrected chi connectivity index (χ3v) is 6.09. The van der Waals surface area contributed by atoms with Gasteiger partial charge in [0.05, 0.1) is 16.3 Å². The van der Waals surface area contributed by atoms with E-state index >= 15 is 0 Å². The first-order valence-electron chi connectivity index (χ1n) is 9.10. The molecule has 1 fully saturated rings. The van der Waals surface area contributed by atoms with Crippen molar-refractivity contribution in [2.75, 3.05) is 25.4 Å². The molecule has 0 aromatic heterocycles. The predicted octanol–water partition coefficient (Wildman–Crippen LogP) is 4.75. The van der Waals surface area contributed by atoms with Crippen LogP contribution in [0, 0.1) is 0 Å². The van der Waals surface area contributed by atoms with Crippen molar-refractivity contribution < 1.29 is 19.1 Å². The van der Waals surface area contributed by atoms with Crippen molar-refractivity contribution in [3.63, 3.8) is 0 Å². The molecule has 0 aliphatic carbocycles. The van der Waals surface area contributed by atoms with Crippen LogP contribution in [-0.2, 0) is 9.53 Å². The Labute approximate surface area is 183 Å². The molecular weight excluding hydrogens is 433 g/mol. The molecule has 3 rings (SSSR count). The summed E-state index contributed by atoms with van der Waals surface area (Å²) in [5, 5.41) is 0.618. The maximum atomic E-state index is 12.5. The second kappa shape index (κ2) is 10.1. The molecule has 2 aromatic rings. The van der Waals surface area contributed by atoms with Gasteiger partial charge in [0.15, 0.2) is 6.61 Å². The fraction of sp³-hybridized carbons (Fsp3) is 0.286. The molecule has 0 unspecified atom stereocenters. The molecule has 2 aromatic carbocycles.